The lowest BCUT2D eigenvalue weighted by molar-refractivity contribution is -0.130. The maximum Gasteiger partial charge on any atom is 0.259 e. The molecule has 0 fully saturated rings. The fourth-order valence-electron chi connectivity index (χ4n) is 1.98. The standard InChI is InChI=1S/C10H9N3O3S/c11-8(14)5-1-4-6(2-16-5)17-10-7(4)9(15)12-3-13-10/h3,5H,1-2H2,(H2,11,14)(H,12,13,15). The Hall–Kier alpha value is -1.73. The summed E-state index contributed by atoms with van der Waals surface area (Å²) >= 11 is 1.42. The van der Waals surface area contributed by atoms with Crippen molar-refractivity contribution in [1.29, 1.82) is 0 Å². The summed E-state index contributed by atoms with van der Waals surface area (Å²) in [5, 5.41) is 0.557. The molecule has 0 saturated heterocycles. The molecule has 6 nitrogen and oxygen atoms in total. The number of carbonyl (C=O) groups is 1. The van der Waals surface area contributed by atoms with Crippen LogP contribution in [-0.2, 0) is 22.6 Å². The van der Waals surface area contributed by atoms with Crippen LogP contribution in [0.3, 0.4) is 0 Å². The number of carbonyl (C=O) groups excluding carboxylic acids is 1. The molecule has 3 N–H and O–H groups in total. The summed E-state index contributed by atoms with van der Waals surface area (Å²) in [6.07, 6.45) is 1.07. The molecule has 0 aliphatic carbocycles. The number of amides is 1. The van der Waals surface area contributed by atoms with Gasteiger partial charge in [-0.15, -0.1) is 11.3 Å². The second-order valence-corrected chi connectivity index (χ2v) is 4.91. The van der Waals surface area contributed by atoms with Gasteiger partial charge in [0, 0.05) is 11.3 Å². The van der Waals surface area contributed by atoms with E-state index in [4.69, 9.17) is 10.5 Å². The minimum Gasteiger partial charge on any atom is -0.367 e. The van der Waals surface area contributed by atoms with Crippen molar-refractivity contribution in [1.82, 2.24) is 9.97 Å². The first-order valence-electron chi connectivity index (χ1n) is 5.05. The summed E-state index contributed by atoms with van der Waals surface area (Å²) in [5.74, 6) is -0.504. The Morgan fingerprint density at radius 3 is 3.24 bits per heavy atom. The van der Waals surface area contributed by atoms with E-state index in [0.29, 0.717) is 23.2 Å². The largest absolute Gasteiger partial charge is 0.367 e. The predicted octanol–water partition coefficient (Wildman–Crippen LogP) is -0.0888. The minimum absolute atomic E-state index is 0.183. The van der Waals surface area contributed by atoms with Gasteiger partial charge < -0.3 is 15.5 Å². The molecule has 0 spiro atoms. The van der Waals surface area contributed by atoms with E-state index < -0.39 is 12.0 Å². The van der Waals surface area contributed by atoms with Crippen LogP contribution in [0.15, 0.2) is 11.1 Å². The number of primary amides is 1. The predicted molar refractivity (Wildman–Crippen MR) is 61.7 cm³/mol. The number of nitrogens with zero attached hydrogens (tertiary/aromatic N) is 1. The van der Waals surface area contributed by atoms with Gasteiger partial charge in [-0.25, -0.2) is 4.98 Å². The molecule has 3 rings (SSSR count). The lowest BCUT2D eigenvalue weighted by Gasteiger charge is -2.19. The van der Waals surface area contributed by atoms with Gasteiger partial charge in [-0.05, 0) is 5.56 Å². The highest BCUT2D eigenvalue weighted by atomic mass is 32.1. The first-order chi connectivity index (χ1) is 8.16. The Balaban J connectivity index is 2.20. The topological polar surface area (TPSA) is 98.1 Å². The van der Waals surface area contributed by atoms with Crippen LogP contribution in [0.25, 0.3) is 10.2 Å². The normalized spacial score (nSPS) is 19.2. The molecule has 3 heterocycles. The van der Waals surface area contributed by atoms with Crippen molar-refractivity contribution in [2.45, 2.75) is 19.1 Å². The van der Waals surface area contributed by atoms with Crippen LogP contribution in [0, 0.1) is 0 Å². The Morgan fingerprint density at radius 1 is 1.65 bits per heavy atom. The van der Waals surface area contributed by atoms with E-state index in [1.807, 2.05) is 0 Å². The van der Waals surface area contributed by atoms with Gasteiger partial charge in [0.2, 0.25) is 5.91 Å². The number of aromatic nitrogens is 2. The molecule has 2 aromatic heterocycles. The summed E-state index contributed by atoms with van der Waals surface area (Å²) < 4.78 is 5.33. The van der Waals surface area contributed by atoms with Crippen molar-refractivity contribution in [3.8, 4) is 0 Å². The third kappa shape index (κ3) is 1.55. The van der Waals surface area contributed by atoms with Crippen LogP contribution < -0.4 is 11.3 Å². The second-order valence-electron chi connectivity index (χ2n) is 3.82. The molecular formula is C10H9N3O3S. The molecule has 1 aliphatic rings. The Kier molecular flexibility index (Phi) is 2.23. The lowest BCUT2D eigenvalue weighted by atomic mass is 10.0. The van der Waals surface area contributed by atoms with E-state index in [0.717, 1.165) is 10.4 Å². The number of rotatable bonds is 1. The number of fused-ring (bicyclic) bond motifs is 3. The molecule has 1 atom stereocenters. The van der Waals surface area contributed by atoms with Gasteiger partial charge in [0.1, 0.15) is 10.9 Å². The van der Waals surface area contributed by atoms with Crippen molar-refractivity contribution in [2.75, 3.05) is 0 Å². The van der Waals surface area contributed by atoms with Gasteiger partial charge in [0.15, 0.2) is 0 Å². The number of hydrogen-bond donors (Lipinski definition) is 2. The number of nitrogens with two attached hydrogens (primary N) is 1. The van der Waals surface area contributed by atoms with Crippen molar-refractivity contribution in [3.05, 3.63) is 27.1 Å². The molecule has 1 aliphatic heterocycles. The third-order valence-corrected chi connectivity index (χ3v) is 3.91. The third-order valence-electron chi connectivity index (χ3n) is 2.80. The molecule has 0 saturated carbocycles. The molecule has 1 amide bonds. The van der Waals surface area contributed by atoms with Crippen LogP contribution >= 0.6 is 11.3 Å². The first kappa shape index (κ1) is 10.4. The number of H-pyrrole nitrogens is 1. The smallest absolute Gasteiger partial charge is 0.259 e. The molecule has 0 radical (unpaired) electrons. The second kappa shape index (κ2) is 3.64. The van der Waals surface area contributed by atoms with Crippen molar-refractivity contribution >= 4 is 27.5 Å². The number of ether oxygens (including phenoxy) is 1. The van der Waals surface area contributed by atoms with E-state index in [1.54, 1.807) is 0 Å². The van der Waals surface area contributed by atoms with Crippen LogP contribution in [0.1, 0.15) is 10.4 Å². The first-order valence-corrected chi connectivity index (χ1v) is 5.87. The quantitative estimate of drug-likeness (QED) is 0.740. The number of nitrogens with one attached hydrogen (secondary N) is 1. The fourth-order valence-corrected chi connectivity index (χ4v) is 3.07. The zero-order valence-corrected chi connectivity index (χ0v) is 9.54. The fraction of sp³-hybridized carbons (Fsp3) is 0.300. The molecule has 0 bridgehead atoms. The van der Waals surface area contributed by atoms with E-state index in [2.05, 4.69) is 9.97 Å². The molecule has 88 valence electrons. The zero-order chi connectivity index (χ0) is 12.0. The summed E-state index contributed by atoms with van der Waals surface area (Å²) in [7, 11) is 0. The Morgan fingerprint density at radius 2 is 2.47 bits per heavy atom. The summed E-state index contributed by atoms with van der Waals surface area (Å²) in [6.45, 7) is 0.309. The average Bonchev–Trinajstić information content (AvgIpc) is 2.67. The van der Waals surface area contributed by atoms with Gasteiger partial charge >= 0.3 is 0 Å². The van der Waals surface area contributed by atoms with Gasteiger partial charge in [-0.2, -0.15) is 0 Å². The minimum atomic E-state index is -0.653. The Labute approximate surface area is 99.4 Å². The zero-order valence-electron chi connectivity index (χ0n) is 8.73. The summed E-state index contributed by atoms with van der Waals surface area (Å²) in [6, 6.07) is 0. The van der Waals surface area contributed by atoms with Crippen LogP contribution in [0.4, 0.5) is 0 Å². The lowest BCUT2D eigenvalue weighted by Crippen LogP contribution is -2.35. The molecule has 2 aromatic rings. The van der Waals surface area contributed by atoms with E-state index in [1.165, 1.54) is 17.7 Å². The van der Waals surface area contributed by atoms with Gasteiger partial charge in [-0.1, -0.05) is 0 Å². The van der Waals surface area contributed by atoms with E-state index >= 15 is 0 Å². The van der Waals surface area contributed by atoms with Crippen LogP contribution in [-0.4, -0.2) is 22.0 Å². The highest BCUT2D eigenvalue weighted by Gasteiger charge is 2.28. The van der Waals surface area contributed by atoms with Crippen LogP contribution in [0.2, 0.25) is 0 Å². The molecule has 17 heavy (non-hydrogen) atoms. The van der Waals surface area contributed by atoms with Crippen LogP contribution in [0.5, 0.6) is 0 Å². The van der Waals surface area contributed by atoms with Crippen molar-refractivity contribution in [2.24, 2.45) is 5.73 Å². The van der Waals surface area contributed by atoms with E-state index in [-0.39, 0.29) is 5.56 Å². The van der Waals surface area contributed by atoms with Crippen molar-refractivity contribution < 1.29 is 9.53 Å². The number of aromatic amines is 1. The highest BCUT2D eigenvalue weighted by molar-refractivity contribution is 7.18. The summed E-state index contributed by atoms with van der Waals surface area (Å²) in [4.78, 5) is 31.1. The SMILES string of the molecule is NC(=O)C1Cc2c(sc3nc[nH]c(=O)c23)CO1. The highest BCUT2D eigenvalue weighted by Crippen LogP contribution is 2.32. The van der Waals surface area contributed by atoms with Gasteiger partial charge in [-0.3, -0.25) is 9.59 Å². The Bertz CT molecular complexity index is 660. The molecule has 7 heteroatoms. The molecule has 0 aromatic carbocycles. The maximum atomic E-state index is 11.7. The van der Waals surface area contributed by atoms with E-state index in [9.17, 15) is 9.59 Å². The monoisotopic (exact) mass is 251 g/mol. The number of thiophene rings is 1. The number of hydrogen-bond acceptors (Lipinski definition) is 5. The average molecular weight is 251 g/mol. The molecular weight excluding hydrogens is 242 g/mol. The summed E-state index contributed by atoms with van der Waals surface area (Å²) in [5.41, 5.74) is 5.87. The van der Waals surface area contributed by atoms with Gasteiger partial charge in [0.25, 0.3) is 5.56 Å². The molecule has 1 unspecified atom stereocenters. The maximum absolute atomic E-state index is 11.7. The van der Waals surface area contributed by atoms with Crippen molar-refractivity contribution in [3.63, 3.8) is 0 Å². The van der Waals surface area contributed by atoms with Gasteiger partial charge in [0.05, 0.1) is 18.3 Å².